The number of nitrogens with zero attached hydrogens (tertiary/aromatic N) is 1. The van der Waals surface area contributed by atoms with E-state index in [1.807, 2.05) is 0 Å². The summed E-state index contributed by atoms with van der Waals surface area (Å²) < 4.78 is 24.9. The Morgan fingerprint density at radius 3 is 1.42 bits per heavy atom. The van der Waals surface area contributed by atoms with E-state index in [-0.39, 0.29) is 17.9 Å². The van der Waals surface area contributed by atoms with Gasteiger partial charge in [-0.1, -0.05) is 188 Å². The van der Waals surface area contributed by atoms with Crippen LogP contribution in [0.4, 0.5) is 0 Å². The van der Waals surface area contributed by atoms with E-state index in [1.165, 1.54) is 167 Å². The van der Waals surface area contributed by atoms with Gasteiger partial charge in [0.1, 0.15) is 0 Å². The van der Waals surface area contributed by atoms with Crippen LogP contribution in [0.5, 0.6) is 0 Å². The van der Waals surface area contributed by atoms with Crippen LogP contribution >= 0.6 is 0 Å². The second-order valence-corrected chi connectivity index (χ2v) is 18.4. The highest BCUT2D eigenvalue weighted by Crippen LogP contribution is 2.35. The van der Waals surface area contributed by atoms with Crippen LogP contribution in [0.1, 0.15) is 246 Å². The van der Waals surface area contributed by atoms with E-state index in [9.17, 15) is 4.79 Å². The maximum Gasteiger partial charge on any atom is 0.306 e. The van der Waals surface area contributed by atoms with Crippen LogP contribution in [0.25, 0.3) is 0 Å². The summed E-state index contributed by atoms with van der Waals surface area (Å²) in [7, 11) is 4.24. The highest BCUT2D eigenvalue weighted by atomic mass is 16.7. The van der Waals surface area contributed by atoms with E-state index in [1.54, 1.807) is 0 Å². The van der Waals surface area contributed by atoms with Gasteiger partial charge in [0.25, 0.3) is 0 Å². The first kappa shape index (κ1) is 53.9. The molecule has 0 amide bonds. The van der Waals surface area contributed by atoms with Gasteiger partial charge in [0.2, 0.25) is 0 Å². The molecular weight excluding hydrogens is 707 g/mol. The van der Waals surface area contributed by atoms with Crippen molar-refractivity contribution in [2.75, 3.05) is 40.5 Å². The van der Waals surface area contributed by atoms with Crippen LogP contribution in [0, 0.1) is 11.8 Å². The van der Waals surface area contributed by atoms with E-state index in [0.29, 0.717) is 25.6 Å². The fourth-order valence-electron chi connectivity index (χ4n) is 8.77. The third-order valence-electron chi connectivity index (χ3n) is 12.3. The highest BCUT2D eigenvalue weighted by Gasteiger charge is 2.40. The molecule has 0 radical (unpaired) electrons. The van der Waals surface area contributed by atoms with Crippen LogP contribution in [0.2, 0.25) is 0 Å². The van der Waals surface area contributed by atoms with Crippen molar-refractivity contribution in [2.24, 2.45) is 11.8 Å². The molecule has 57 heavy (non-hydrogen) atoms. The molecule has 0 bridgehead atoms. The van der Waals surface area contributed by atoms with Crippen molar-refractivity contribution in [3.05, 3.63) is 12.3 Å². The summed E-state index contributed by atoms with van der Waals surface area (Å²) in [6.45, 7) is 16.4. The lowest BCUT2D eigenvalue weighted by Crippen LogP contribution is -2.33. The Morgan fingerprint density at radius 1 is 0.579 bits per heavy atom. The molecule has 0 aromatic rings. The molecular formula is C51H99NO5. The van der Waals surface area contributed by atoms with Crippen molar-refractivity contribution in [1.82, 2.24) is 4.90 Å². The van der Waals surface area contributed by atoms with Gasteiger partial charge in [-0.2, -0.15) is 0 Å². The van der Waals surface area contributed by atoms with Gasteiger partial charge in [-0.25, -0.2) is 0 Å². The van der Waals surface area contributed by atoms with Crippen LogP contribution < -0.4 is 0 Å². The Hall–Kier alpha value is -1.11. The number of hydrogen-bond acceptors (Lipinski definition) is 6. The number of carbonyl (C=O) groups excluding carboxylic acids is 1. The van der Waals surface area contributed by atoms with Gasteiger partial charge in [0, 0.05) is 32.2 Å². The SMILES string of the molecule is C=C(CC(CCCCC)CCCCC)OCCCCCCCCCC1(CCCCCCCCCOC(=O)CC(CCCCC)CCCCC)OCC(CN(C)C)O1. The molecule has 2 atom stereocenters. The average Bonchev–Trinajstić information content (AvgIpc) is 3.57. The van der Waals surface area contributed by atoms with Crippen LogP contribution in [-0.4, -0.2) is 63.2 Å². The van der Waals surface area contributed by atoms with Gasteiger partial charge in [-0.05, 0) is 64.5 Å². The smallest absolute Gasteiger partial charge is 0.306 e. The van der Waals surface area contributed by atoms with E-state index in [0.717, 1.165) is 69.8 Å². The van der Waals surface area contributed by atoms with Crippen molar-refractivity contribution in [3.63, 3.8) is 0 Å². The summed E-state index contributed by atoms with van der Waals surface area (Å²) in [6.07, 6.45) is 41.3. The number of allylic oxidation sites excluding steroid dienone is 1. The molecule has 2 unspecified atom stereocenters. The third kappa shape index (κ3) is 31.4. The summed E-state index contributed by atoms with van der Waals surface area (Å²) in [5, 5.41) is 0. The molecule has 0 aliphatic carbocycles. The lowest BCUT2D eigenvalue weighted by Gasteiger charge is -2.29. The number of esters is 1. The van der Waals surface area contributed by atoms with Gasteiger partial charge in [-0.3, -0.25) is 4.79 Å². The Kier molecular flexibility index (Phi) is 35.8. The quantitative estimate of drug-likeness (QED) is 0.0348. The zero-order chi connectivity index (χ0) is 41.7. The summed E-state index contributed by atoms with van der Waals surface area (Å²) in [4.78, 5) is 14.7. The predicted molar refractivity (Wildman–Crippen MR) is 245 cm³/mol. The largest absolute Gasteiger partial charge is 0.499 e. The number of likely N-dealkylation sites (N-methyl/N-ethyl adjacent to an activating group) is 1. The lowest BCUT2D eigenvalue weighted by molar-refractivity contribution is -0.180. The highest BCUT2D eigenvalue weighted by molar-refractivity contribution is 5.69. The molecule has 0 spiro atoms. The topological polar surface area (TPSA) is 57.2 Å². The number of hydrogen-bond donors (Lipinski definition) is 0. The van der Waals surface area contributed by atoms with Crippen LogP contribution in [0.15, 0.2) is 12.3 Å². The van der Waals surface area contributed by atoms with Crippen LogP contribution in [-0.2, 0) is 23.7 Å². The first-order chi connectivity index (χ1) is 27.8. The molecule has 1 fully saturated rings. The Morgan fingerprint density at radius 2 is 0.982 bits per heavy atom. The molecule has 0 aromatic heterocycles. The van der Waals surface area contributed by atoms with E-state index in [2.05, 4.69) is 53.3 Å². The second kappa shape index (κ2) is 37.9. The zero-order valence-corrected chi connectivity index (χ0v) is 39.3. The summed E-state index contributed by atoms with van der Waals surface area (Å²) in [6, 6.07) is 0. The number of ether oxygens (including phenoxy) is 4. The third-order valence-corrected chi connectivity index (χ3v) is 12.3. The minimum absolute atomic E-state index is 0.0271. The van der Waals surface area contributed by atoms with E-state index in [4.69, 9.17) is 18.9 Å². The predicted octanol–water partition coefficient (Wildman–Crippen LogP) is 15.3. The second-order valence-electron chi connectivity index (χ2n) is 18.4. The maximum absolute atomic E-state index is 12.5. The van der Waals surface area contributed by atoms with Gasteiger partial charge < -0.3 is 23.8 Å². The molecule has 1 aliphatic heterocycles. The molecule has 0 N–H and O–H groups in total. The van der Waals surface area contributed by atoms with Gasteiger partial charge in [0.05, 0.1) is 31.7 Å². The molecule has 0 aromatic carbocycles. The van der Waals surface area contributed by atoms with Crippen molar-refractivity contribution in [3.8, 4) is 0 Å². The van der Waals surface area contributed by atoms with Gasteiger partial charge in [0.15, 0.2) is 5.79 Å². The van der Waals surface area contributed by atoms with Crippen LogP contribution in [0.3, 0.4) is 0 Å². The molecule has 1 rings (SSSR count). The first-order valence-corrected chi connectivity index (χ1v) is 25.2. The molecule has 1 heterocycles. The Balaban J connectivity index is 2.22. The number of rotatable bonds is 43. The van der Waals surface area contributed by atoms with E-state index < -0.39 is 0 Å². The average molecular weight is 806 g/mol. The summed E-state index contributed by atoms with van der Waals surface area (Å²) in [5.74, 6) is 1.92. The minimum atomic E-state index is -0.389. The molecule has 6 nitrogen and oxygen atoms in total. The summed E-state index contributed by atoms with van der Waals surface area (Å²) in [5.41, 5.74) is 0. The molecule has 1 aliphatic rings. The van der Waals surface area contributed by atoms with Crippen molar-refractivity contribution in [1.29, 1.82) is 0 Å². The molecule has 0 saturated carbocycles. The molecule has 6 heteroatoms. The van der Waals surface area contributed by atoms with Crippen molar-refractivity contribution < 1.29 is 23.7 Å². The fourth-order valence-corrected chi connectivity index (χ4v) is 8.77. The summed E-state index contributed by atoms with van der Waals surface area (Å²) >= 11 is 0. The zero-order valence-electron chi connectivity index (χ0n) is 39.3. The number of carbonyl (C=O) groups is 1. The first-order valence-electron chi connectivity index (χ1n) is 25.2. The van der Waals surface area contributed by atoms with Crippen molar-refractivity contribution in [2.45, 2.75) is 258 Å². The minimum Gasteiger partial charge on any atom is -0.499 e. The van der Waals surface area contributed by atoms with E-state index >= 15 is 0 Å². The Bertz CT molecular complexity index is 830. The monoisotopic (exact) mass is 806 g/mol. The maximum atomic E-state index is 12.5. The normalized spacial score (nSPS) is 17.0. The fraction of sp³-hybridized carbons (Fsp3) is 0.941. The molecule has 338 valence electrons. The standard InChI is InChI=1S/C51H99NO5/c1-8-12-26-34-47(35-27-13-9-2)42-46(5)54-40-32-24-20-16-18-22-30-38-51(56-45-49(57-51)44-52(6)7)39-31-23-19-17-21-25-33-41-55-50(53)43-48(36-28-14-10-3)37-29-15-11-4/h47-49H,5,8-45H2,1-4,6-7H3. The molecule has 1 saturated heterocycles. The Labute approximate surface area is 356 Å². The van der Waals surface area contributed by atoms with Gasteiger partial charge in [-0.15, -0.1) is 0 Å². The van der Waals surface area contributed by atoms with Gasteiger partial charge >= 0.3 is 5.97 Å². The number of unbranched alkanes of at least 4 members (excludes halogenated alkanes) is 20. The lowest BCUT2D eigenvalue weighted by atomic mass is 9.91. The van der Waals surface area contributed by atoms with Crippen molar-refractivity contribution >= 4 is 5.97 Å².